The van der Waals surface area contributed by atoms with Crippen LogP contribution in [0.25, 0.3) is 0 Å². The zero-order valence-corrected chi connectivity index (χ0v) is 8.64. The van der Waals surface area contributed by atoms with Crippen LogP contribution < -0.4 is 11.1 Å². The second kappa shape index (κ2) is 7.44. The number of nitrogens with one attached hydrogen (secondary N) is 1. The predicted molar refractivity (Wildman–Crippen MR) is 65.7 cm³/mol. The van der Waals surface area contributed by atoms with Crippen molar-refractivity contribution < 1.29 is 0 Å². The maximum atomic E-state index is 5.47. The van der Waals surface area contributed by atoms with Crippen molar-refractivity contribution in [3.8, 4) is 0 Å². The number of nitrogens with two attached hydrogens (primary N) is 1. The fraction of sp³-hybridized carbons (Fsp3) is 0.0769. The fourth-order valence-electron chi connectivity index (χ4n) is 1.00. The minimum Gasteiger partial charge on any atom is -0.399 e. The second-order valence-electron chi connectivity index (χ2n) is 3.00. The average Bonchev–Trinajstić information content (AvgIpc) is 2.64. The predicted octanol–water partition coefficient (Wildman–Crippen LogP) is 2.52. The van der Waals surface area contributed by atoms with Crippen molar-refractivity contribution in [1.29, 1.82) is 0 Å². The van der Waals surface area contributed by atoms with E-state index in [-0.39, 0.29) is 0 Å². The van der Waals surface area contributed by atoms with Gasteiger partial charge in [0.15, 0.2) is 0 Å². The standard InChI is InChI=1S/C7H9N.C6H7N/c8-7-5-3-1-2-4-6-7;1-2-4-6-7-5-3-1/h1-3,5-6H,4,8H2;1-7H. The van der Waals surface area contributed by atoms with Crippen LogP contribution in [0.5, 0.6) is 0 Å². The van der Waals surface area contributed by atoms with Crippen molar-refractivity contribution in [3.05, 3.63) is 72.8 Å². The molecular formula is C13H16N2. The molecule has 2 nitrogen and oxygen atoms in total. The van der Waals surface area contributed by atoms with Crippen LogP contribution in [0.4, 0.5) is 0 Å². The molecule has 0 spiro atoms. The molecule has 0 amide bonds. The normalized spacial score (nSPS) is 16.9. The molecule has 1 heterocycles. The molecule has 0 saturated heterocycles. The molecule has 15 heavy (non-hydrogen) atoms. The topological polar surface area (TPSA) is 38.0 Å². The zero-order chi connectivity index (χ0) is 10.8. The third-order valence-electron chi connectivity index (χ3n) is 1.74. The van der Waals surface area contributed by atoms with Gasteiger partial charge in [0.25, 0.3) is 0 Å². The van der Waals surface area contributed by atoms with Crippen LogP contribution in [-0.2, 0) is 0 Å². The maximum Gasteiger partial charge on any atom is 0.0276 e. The van der Waals surface area contributed by atoms with Crippen LogP contribution in [0.15, 0.2) is 72.8 Å². The molecule has 0 atom stereocenters. The van der Waals surface area contributed by atoms with Gasteiger partial charge in [-0.15, -0.1) is 0 Å². The molecule has 78 valence electrons. The largest absolute Gasteiger partial charge is 0.399 e. The van der Waals surface area contributed by atoms with E-state index in [4.69, 9.17) is 5.73 Å². The molecule has 0 fully saturated rings. The van der Waals surface area contributed by atoms with E-state index in [2.05, 4.69) is 11.4 Å². The highest BCUT2D eigenvalue weighted by atomic mass is 14.8. The molecule has 0 aromatic rings. The van der Waals surface area contributed by atoms with E-state index in [0.29, 0.717) is 0 Å². The lowest BCUT2D eigenvalue weighted by molar-refractivity contribution is 1.20. The van der Waals surface area contributed by atoms with Crippen molar-refractivity contribution in [2.75, 3.05) is 0 Å². The summed E-state index contributed by atoms with van der Waals surface area (Å²) in [6.07, 6.45) is 22.4. The van der Waals surface area contributed by atoms with Crippen molar-refractivity contribution in [2.45, 2.75) is 6.42 Å². The van der Waals surface area contributed by atoms with Crippen molar-refractivity contribution in [1.82, 2.24) is 5.32 Å². The summed E-state index contributed by atoms with van der Waals surface area (Å²) in [6.45, 7) is 0. The summed E-state index contributed by atoms with van der Waals surface area (Å²) in [7, 11) is 0. The van der Waals surface area contributed by atoms with Gasteiger partial charge < -0.3 is 11.1 Å². The van der Waals surface area contributed by atoms with Crippen LogP contribution in [0.3, 0.4) is 0 Å². The quantitative estimate of drug-likeness (QED) is 0.630. The van der Waals surface area contributed by atoms with Crippen LogP contribution in [-0.4, -0.2) is 0 Å². The van der Waals surface area contributed by atoms with Gasteiger partial charge in [-0.2, -0.15) is 0 Å². The Kier molecular flexibility index (Phi) is 5.52. The monoisotopic (exact) mass is 200 g/mol. The van der Waals surface area contributed by atoms with Crippen molar-refractivity contribution in [2.24, 2.45) is 5.73 Å². The molecule has 0 radical (unpaired) electrons. The Balaban J connectivity index is 0.000000151. The second-order valence-corrected chi connectivity index (χ2v) is 3.00. The van der Waals surface area contributed by atoms with E-state index in [9.17, 15) is 0 Å². The summed E-state index contributed by atoms with van der Waals surface area (Å²) < 4.78 is 0. The molecule has 2 rings (SSSR count). The highest BCUT2D eigenvalue weighted by molar-refractivity contribution is 5.23. The number of rotatable bonds is 0. The molecule has 0 aromatic carbocycles. The Labute approximate surface area is 90.9 Å². The van der Waals surface area contributed by atoms with E-state index in [0.717, 1.165) is 12.1 Å². The first-order valence-corrected chi connectivity index (χ1v) is 4.93. The highest BCUT2D eigenvalue weighted by Crippen LogP contribution is 1.97. The Hall–Kier alpha value is -1.96. The van der Waals surface area contributed by atoms with E-state index in [1.54, 1.807) is 0 Å². The van der Waals surface area contributed by atoms with Gasteiger partial charge in [0.1, 0.15) is 0 Å². The lowest BCUT2D eigenvalue weighted by Gasteiger charge is -1.84. The third kappa shape index (κ3) is 6.16. The van der Waals surface area contributed by atoms with Gasteiger partial charge in [0.05, 0.1) is 0 Å². The fourth-order valence-corrected chi connectivity index (χ4v) is 1.00. The van der Waals surface area contributed by atoms with Gasteiger partial charge in [0, 0.05) is 18.1 Å². The molecule has 0 aromatic heterocycles. The summed E-state index contributed by atoms with van der Waals surface area (Å²) in [5.74, 6) is 0. The molecule has 2 heteroatoms. The van der Waals surface area contributed by atoms with E-state index < -0.39 is 0 Å². The summed E-state index contributed by atoms with van der Waals surface area (Å²) in [5, 5.41) is 2.92. The Morgan fingerprint density at radius 2 is 1.67 bits per heavy atom. The van der Waals surface area contributed by atoms with Gasteiger partial charge in [-0.25, -0.2) is 0 Å². The molecule has 0 unspecified atom stereocenters. The molecule has 1 aliphatic carbocycles. The molecule has 2 aliphatic rings. The van der Waals surface area contributed by atoms with Gasteiger partial charge in [-0.1, -0.05) is 36.5 Å². The third-order valence-corrected chi connectivity index (χ3v) is 1.74. The van der Waals surface area contributed by atoms with Gasteiger partial charge in [0.2, 0.25) is 0 Å². The summed E-state index contributed by atoms with van der Waals surface area (Å²) in [6, 6.07) is 0. The number of hydrogen-bond acceptors (Lipinski definition) is 2. The smallest absolute Gasteiger partial charge is 0.0276 e. The zero-order valence-electron chi connectivity index (χ0n) is 8.64. The number of allylic oxidation sites excluding steroid dienone is 9. The molecule has 0 bridgehead atoms. The summed E-state index contributed by atoms with van der Waals surface area (Å²) in [4.78, 5) is 0. The molecular weight excluding hydrogens is 184 g/mol. The SMILES string of the molecule is C1=CC=CNC=C1.NC1=CCC=CC=C1. The maximum absolute atomic E-state index is 5.47. The summed E-state index contributed by atoms with van der Waals surface area (Å²) in [5.41, 5.74) is 6.33. The van der Waals surface area contributed by atoms with Crippen molar-refractivity contribution >= 4 is 0 Å². The van der Waals surface area contributed by atoms with E-state index in [1.165, 1.54) is 0 Å². The first kappa shape index (κ1) is 11.1. The van der Waals surface area contributed by atoms with Crippen LogP contribution in [0.2, 0.25) is 0 Å². The Morgan fingerprint density at radius 3 is 2.40 bits per heavy atom. The lowest BCUT2D eigenvalue weighted by Crippen LogP contribution is -1.90. The average molecular weight is 200 g/mol. The Morgan fingerprint density at radius 1 is 0.933 bits per heavy atom. The first-order chi connectivity index (χ1) is 7.39. The Bertz CT molecular complexity index is 325. The van der Waals surface area contributed by atoms with Gasteiger partial charge >= 0.3 is 0 Å². The van der Waals surface area contributed by atoms with Crippen LogP contribution in [0.1, 0.15) is 6.42 Å². The first-order valence-electron chi connectivity index (χ1n) is 4.93. The van der Waals surface area contributed by atoms with Crippen molar-refractivity contribution in [3.63, 3.8) is 0 Å². The molecule has 1 aliphatic heterocycles. The van der Waals surface area contributed by atoms with Crippen LogP contribution >= 0.6 is 0 Å². The van der Waals surface area contributed by atoms with Gasteiger partial charge in [-0.3, -0.25) is 0 Å². The highest BCUT2D eigenvalue weighted by Gasteiger charge is 1.81. The van der Waals surface area contributed by atoms with Gasteiger partial charge in [-0.05, 0) is 24.6 Å². The minimum absolute atomic E-state index is 0.856. The minimum atomic E-state index is 0.856. The lowest BCUT2D eigenvalue weighted by atomic mass is 10.3. The molecule has 3 N–H and O–H groups in total. The van der Waals surface area contributed by atoms with Crippen LogP contribution in [0, 0.1) is 0 Å². The van der Waals surface area contributed by atoms with E-state index in [1.807, 2.05) is 61.0 Å². The molecule has 0 saturated carbocycles. The summed E-state index contributed by atoms with van der Waals surface area (Å²) >= 11 is 0. The number of hydrogen-bond donors (Lipinski definition) is 2. The van der Waals surface area contributed by atoms with E-state index >= 15 is 0 Å².